The van der Waals surface area contributed by atoms with E-state index in [0.717, 1.165) is 21.1 Å². The average Bonchev–Trinajstić information content (AvgIpc) is 3.36. The second-order valence-corrected chi connectivity index (χ2v) is 11.6. The zero-order chi connectivity index (χ0) is 32.6. The molecule has 1 amide bonds. The topological polar surface area (TPSA) is 147 Å². The number of anilines is 1. The minimum absolute atomic E-state index is 0.00296. The first-order valence-electron chi connectivity index (χ1n) is 13.9. The summed E-state index contributed by atoms with van der Waals surface area (Å²) >= 11 is 2.15. The fourth-order valence-corrected chi connectivity index (χ4v) is 6.11. The van der Waals surface area contributed by atoms with Crippen molar-refractivity contribution in [2.75, 3.05) is 48.8 Å². The predicted octanol–water partition coefficient (Wildman–Crippen LogP) is 3.75. The highest BCUT2D eigenvalue weighted by molar-refractivity contribution is 14.1. The summed E-state index contributed by atoms with van der Waals surface area (Å²) in [6.07, 6.45) is 0.483. The number of amides is 1. The number of rotatable bonds is 10. The molecule has 43 heavy (non-hydrogen) atoms. The molecule has 1 aromatic carbocycles. The average molecular weight is 738 g/mol. The van der Waals surface area contributed by atoms with E-state index in [1.807, 2.05) is 32.6 Å². The quantitative estimate of drug-likeness (QED) is 0.182. The number of halogens is 2. The number of alkyl halides is 1. The summed E-state index contributed by atoms with van der Waals surface area (Å²) in [5, 5.41) is 23.7. The lowest BCUT2D eigenvalue weighted by atomic mass is 10.2. The summed E-state index contributed by atoms with van der Waals surface area (Å²) in [5.74, 6) is -1.84. The van der Waals surface area contributed by atoms with Crippen molar-refractivity contribution in [3.05, 3.63) is 45.6 Å². The number of nitrogens with zero attached hydrogens (tertiary/aromatic N) is 5. The molecule has 3 aromatic rings. The molecule has 12 nitrogen and oxygen atoms in total. The number of phenols is 1. The van der Waals surface area contributed by atoms with E-state index in [0.29, 0.717) is 13.1 Å². The van der Waals surface area contributed by atoms with Crippen molar-refractivity contribution in [3.63, 3.8) is 0 Å². The Labute approximate surface area is 265 Å². The van der Waals surface area contributed by atoms with Crippen LogP contribution >= 0.6 is 22.6 Å². The van der Waals surface area contributed by atoms with Gasteiger partial charge in [-0.25, -0.2) is 17.5 Å². The van der Waals surface area contributed by atoms with Gasteiger partial charge in [0.15, 0.2) is 17.3 Å². The Morgan fingerprint density at radius 3 is 2.42 bits per heavy atom. The van der Waals surface area contributed by atoms with Gasteiger partial charge in [-0.15, -0.1) is 5.10 Å². The fourth-order valence-electron chi connectivity index (χ4n) is 4.88. The summed E-state index contributed by atoms with van der Waals surface area (Å²) in [4.78, 5) is 30.8. The smallest absolute Gasteiger partial charge is 0.280 e. The fraction of sp³-hybridized carbons (Fsp3) is 0.536. The number of ether oxygens (including phenoxy) is 1. The van der Waals surface area contributed by atoms with E-state index in [9.17, 15) is 27.5 Å². The minimum Gasteiger partial charge on any atom is -0.507 e. The molecule has 1 unspecified atom stereocenters. The molecule has 4 rings (SSSR count). The minimum atomic E-state index is -3.97. The number of carbonyl (C=O) groups excluding carboxylic acids is 1. The van der Waals surface area contributed by atoms with Gasteiger partial charge in [-0.1, -0.05) is 42.5 Å². The maximum absolute atomic E-state index is 13.8. The second kappa shape index (κ2) is 15.7. The van der Waals surface area contributed by atoms with Gasteiger partial charge < -0.3 is 24.4 Å². The van der Waals surface area contributed by atoms with Crippen LogP contribution in [0, 0.1) is 5.82 Å². The molecule has 1 aliphatic heterocycles. The summed E-state index contributed by atoms with van der Waals surface area (Å²) in [7, 11) is -1.34. The van der Waals surface area contributed by atoms with Gasteiger partial charge in [0, 0.05) is 44.4 Å². The van der Waals surface area contributed by atoms with Gasteiger partial charge >= 0.3 is 0 Å². The van der Waals surface area contributed by atoms with Gasteiger partial charge in [-0.3, -0.25) is 13.9 Å². The van der Waals surface area contributed by atoms with Crippen molar-refractivity contribution in [1.82, 2.24) is 19.2 Å². The van der Waals surface area contributed by atoms with E-state index in [-0.39, 0.29) is 77.4 Å². The molecular formula is C28H41FIN5O7S. The Bertz CT molecular complexity index is 1590. The van der Waals surface area contributed by atoms with Crippen LogP contribution in [-0.4, -0.2) is 88.3 Å². The summed E-state index contributed by atoms with van der Waals surface area (Å²) in [6, 6.07) is 2.97. The highest BCUT2D eigenvalue weighted by atomic mass is 127. The summed E-state index contributed by atoms with van der Waals surface area (Å²) < 4.78 is 49.3. The van der Waals surface area contributed by atoms with E-state index >= 15 is 0 Å². The number of sulfonamides is 1. The number of methoxy groups -OCH3 is 1. The number of phenolic OH excluding ortho intramolecular Hbond substituents is 1. The third-order valence-electron chi connectivity index (χ3n) is 6.93. The highest BCUT2D eigenvalue weighted by Gasteiger charge is 2.38. The molecule has 2 N–H and O–H groups in total. The Morgan fingerprint density at radius 1 is 1.21 bits per heavy atom. The number of aliphatic hydroxyl groups excluding tert-OH is 1. The van der Waals surface area contributed by atoms with E-state index in [1.54, 1.807) is 9.47 Å². The lowest BCUT2D eigenvalue weighted by Gasteiger charge is -2.33. The summed E-state index contributed by atoms with van der Waals surface area (Å²) in [6.45, 7) is 7.96. The number of hydrogen-bond donors (Lipinski definition) is 2. The van der Waals surface area contributed by atoms with Gasteiger partial charge in [0.05, 0.1) is 19.4 Å². The van der Waals surface area contributed by atoms with Crippen LogP contribution in [-0.2, 0) is 16.6 Å². The van der Waals surface area contributed by atoms with Crippen LogP contribution in [0.15, 0.2) is 23.0 Å². The maximum Gasteiger partial charge on any atom is 0.280 e. The highest BCUT2D eigenvalue weighted by Crippen LogP contribution is 2.41. The standard InChI is InChI=1S/C25H32FN5O7S.C2H6.CH3I/c1-5-29-13-15(2)31-20-19(22(38-4)21(31)25(29)35)24(34)30(14-16-8-9-17(26)12-18(16)33)27-23(20)28(3)39(36,37)11-7-6-10-32;2*1-2/h8-9,12,15,32-33H,5-7,10-11,13-14H2,1-4H3;1-2H3;1H3. The molecule has 15 heteroatoms. The van der Waals surface area contributed by atoms with E-state index in [4.69, 9.17) is 9.84 Å². The predicted molar refractivity (Wildman–Crippen MR) is 174 cm³/mol. The van der Waals surface area contributed by atoms with Crippen LogP contribution in [0.3, 0.4) is 0 Å². The Morgan fingerprint density at radius 2 is 1.86 bits per heavy atom. The molecule has 1 atom stereocenters. The third kappa shape index (κ3) is 7.25. The Balaban J connectivity index is 0.00000155. The van der Waals surface area contributed by atoms with E-state index in [2.05, 4.69) is 27.7 Å². The third-order valence-corrected chi connectivity index (χ3v) is 8.74. The lowest BCUT2D eigenvalue weighted by Crippen LogP contribution is -2.42. The number of aromatic hydroxyl groups is 1. The molecule has 240 valence electrons. The molecule has 2 aromatic heterocycles. The van der Waals surface area contributed by atoms with Crippen molar-refractivity contribution in [2.45, 2.75) is 53.1 Å². The van der Waals surface area contributed by atoms with Gasteiger partial charge in [0.25, 0.3) is 11.5 Å². The number of unbranched alkanes of at least 4 members (excludes halogenated alkanes) is 1. The monoisotopic (exact) mass is 737 g/mol. The molecule has 0 spiro atoms. The largest absolute Gasteiger partial charge is 0.507 e. The first kappa shape index (κ1) is 36.3. The number of carbonyl (C=O) groups is 1. The molecule has 3 heterocycles. The number of aromatic nitrogens is 3. The first-order chi connectivity index (χ1) is 20.5. The van der Waals surface area contributed by atoms with Crippen molar-refractivity contribution in [3.8, 4) is 11.5 Å². The molecule has 0 fully saturated rings. The normalized spacial score (nSPS) is 14.4. The number of fused-ring (bicyclic) bond motifs is 3. The number of likely N-dealkylation sites (N-methyl/N-ethyl adjacent to an activating group) is 1. The van der Waals surface area contributed by atoms with E-state index in [1.165, 1.54) is 20.2 Å². The second-order valence-electron chi connectivity index (χ2n) is 9.44. The van der Waals surface area contributed by atoms with Crippen LogP contribution in [0.2, 0.25) is 0 Å². The maximum atomic E-state index is 13.8. The van der Waals surface area contributed by atoms with Crippen LogP contribution < -0.4 is 14.6 Å². The van der Waals surface area contributed by atoms with Gasteiger partial charge in [0.1, 0.15) is 22.5 Å². The number of benzene rings is 1. The van der Waals surface area contributed by atoms with Gasteiger partial charge in [0.2, 0.25) is 10.0 Å². The van der Waals surface area contributed by atoms with Crippen molar-refractivity contribution < 1.29 is 32.6 Å². The van der Waals surface area contributed by atoms with Gasteiger partial charge in [-0.2, -0.15) is 0 Å². The Kier molecular flexibility index (Phi) is 13.2. The van der Waals surface area contributed by atoms with Crippen LogP contribution in [0.5, 0.6) is 11.5 Å². The van der Waals surface area contributed by atoms with E-state index < -0.39 is 27.1 Å². The van der Waals surface area contributed by atoms with Crippen molar-refractivity contribution in [2.24, 2.45) is 0 Å². The number of aliphatic hydroxyl groups is 1. The summed E-state index contributed by atoms with van der Waals surface area (Å²) in [5.41, 5.74) is -0.252. The zero-order valence-electron chi connectivity index (χ0n) is 25.6. The molecule has 0 saturated heterocycles. The molecular weight excluding hydrogens is 696 g/mol. The van der Waals surface area contributed by atoms with Crippen molar-refractivity contribution in [1.29, 1.82) is 0 Å². The molecule has 0 bridgehead atoms. The molecule has 0 radical (unpaired) electrons. The SMILES string of the molecule is CC.CCN1CC(C)n2c(c(OC)c3c(=O)n(Cc4ccc(F)cc4O)nc(N(C)S(=O)(=O)CCCCO)c32)C1=O.CI. The van der Waals surface area contributed by atoms with Crippen LogP contribution in [0.1, 0.15) is 62.6 Å². The first-order valence-corrected chi connectivity index (χ1v) is 17.7. The Hall–Kier alpha value is -2.92. The van der Waals surface area contributed by atoms with Crippen molar-refractivity contribution >= 4 is 55.2 Å². The molecule has 0 saturated carbocycles. The van der Waals surface area contributed by atoms with Crippen LogP contribution in [0.25, 0.3) is 10.9 Å². The van der Waals surface area contributed by atoms with Crippen LogP contribution in [0.4, 0.5) is 10.2 Å². The lowest BCUT2D eigenvalue weighted by molar-refractivity contribution is 0.0685. The molecule has 1 aliphatic rings. The molecule has 0 aliphatic carbocycles. The zero-order valence-corrected chi connectivity index (χ0v) is 28.6. The van der Waals surface area contributed by atoms with Gasteiger partial charge in [-0.05, 0) is 37.7 Å². The number of hydrogen-bond acceptors (Lipinski definition) is 8.